The first-order valence-corrected chi connectivity index (χ1v) is 9.17. The number of ether oxygens (including phenoxy) is 1. The molecule has 0 aliphatic carbocycles. The molecule has 0 atom stereocenters. The van der Waals surface area contributed by atoms with Gasteiger partial charge in [-0.25, -0.2) is 0 Å². The number of hydrogen-bond donors (Lipinski definition) is 1. The molecule has 1 aromatic carbocycles. The van der Waals surface area contributed by atoms with Crippen molar-refractivity contribution in [2.24, 2.45) is 0 Å². The first-order valence-electron chi connectivity index (χ1n) is 9.17. The summed E-state index contributed by atoms with van der Waals surface area (Å²) in [7, 11) is 1.73. The van der Waals surface area contributed by atoms with Gasteiger partial charge in [-0.15, -0.1) is 0 Å². The maximum atomic E-state index is 5.35. The molecule has 126 valence electrons. The van der Waals surface area contributed by atoms with Crippen LogP contribution in [0.4, 0.5) is 5.69 Å². The van der Waals surface area contributed by atoms with Crippen molar-refractivity contribution in [2.75, 3.05) is 19.0 Å². The standard InChI is InChI=1S/C20H35NO/c1-4-5-6-7-8-9-10-11-12-13-17-21-19-15-14-16-20(22-3)18(19)2/h14-16,21H,4-13,17H2,1-3H3. The molecule has 2 heteroatoms. The van der Waals surface area contributed by atoms with Crippen LogP contribution < -0.4 is 10.1 Å². The molecular formula is C20H35NO. The summed E-state index contributed by atoms with van der Waals surface area (Å²) >= 11 is 0. The number of unbranched alkanes of at least 4 members (excludes halogenated alkanes) is 9. The number of rotatable bonds is 13. The summed E-state index contributed by atoms with van der Waals surface area (Å²) in [6, 6.07) is 6.20. The smallest absolute Gasteiger partial charge is 0.123 e. The molecule has 1 aromatic rings. The lowest BCUT2D eigenvalue weighted by Gasteiger charge is -2.12. The van der Waals surface area contributed by atoms with E-state index in [-0.39, 0.29) is 0 Å². The van der Waals surface area contributed by atoms with Gasteiger partial charge < -0.3 is 10.1 Å². The summed E-state index contributed by atoms with van der Waals surface area (Å²) in [6.45, 7) is 5.45. The SMILES string of the molecule is CCCCCCCCCCCCNc1cccc(OC)c1C. The lowest BCUT2D eigenvalue weighted by Crippen LogP contribution is -2.03. The highest BCUT2D eigenvalue weighted by atomic mass is 16.5. The highest BCUT2D eigenvalue weighted by Gasteiger charge is 2.02. The normalized spacial score (nSPS) is 10.7. The lowest BCUT2D eigenvalue weighted by molar-refractivity contribution is 0.412. The molecule has 0 aromatic heterocycles. The maximum Gasteiger partial charge on any atom is 0.123 e. The molecular weight excluding hydrogens is 270 g/mol. The molecule has 0 unspecified atom stereocenters. The van der Waals surface area contributed by atoms with E-state index < -0.39 is 0 Å². The Kier molecular flexibility index (Phi) is 10.6. The topological polar surface area (TPSA) is 21.3 Å². The van der Waals surface area contributed by atoms with E-state index in [1.54, 1.807) is 7.11 Å². The minimum absolute atomic E-state index is 0.966. The second kappa shape index (κ2) is 12.4. The summed E-state index contributed by atoms with van der Waals surface area (Å²) in [5.74, 6) is 0.966. The van der Waals surface area contributed by atoms with Crippen molar-refractivity contribution < 1.29 is 4.74 Å². The second-order valence-electron chi connectivity index (χ2n) is 6.24. The molecule has 0 aliphatic rings. The van der Waals surface area contributed by atoms with Crippen LogP contribution in [0.5, 0.6) is 5.75 Å². The van der Waals surface area contributed by atoms with Crippen LogP contribution in [-0.2, 0) is 0 Å². The third-order valence-electron chi connectivity index (χ3n) is 4.35. The van der Waals surface area contributed by atoms with Crippen molar-refractivity contribution >= 4 is 5.69 Å². The number of nitrogens with one attached hydrogen (secondary N) is 1. The van der Waals surface area contributed by atoms with Crippen LogP contribution in [0.25, 0.3) is 0 Å². The zero-order chi connectivity index (χ0) is 16.0. The van der Waals surface area contributed by atoms with Gasteiger partial charge in [0.2, 0.25) is 0 Å². The summed E-state index contributed by atoms with van der Waals surface area (Å²) in [4.78, 5) is 0. The predicted molar refractivity (Wildman–Crippen MR) is 98.1 cm³/mol. The molecule has 0 radical (unpaired) electrons. The fourth-order valence-electron chi connectivity index (χ4n) is 2.86. The molecule has 0 heterocycles. The molecule has 1 rings (SSSR count). The van der Waals surface area contributed by atoms with Crippen LogP contribution in [0.2, 0.25) is 0 Å². The van der Waals surface area contributed by atoms with Crippen LogP contribution >= 0.6 is 0 Å². The van der Waals surface area contributed by atoms with Gasteiger partial charge in [-0.05, 0) is 25.5 Å². The van der Waals surface area contributed by atoms with Gasteiger partial charge in [0, 0.05) is 17.8 Å². The summed E-state index contributed by atoms with van der Waals surface area (Å²) < 4.78 is 5.35. The van der Waals surface area contributed by atoms with Crippen molar-refractivity contribution in [3.63, 3.8) is 0 Å². The minimum atomic E-state index is 0.966. The van der Waals surface area contributed by atoms with Gasteiger partial charge in [-0.2, -0.15) is 0 Å². The zero-order valence-electron chi connectivity index (χ0n) is 14.9. The lowest BCUT2D eigenvalue weighted by atomic mass is 10.1. The molecule has 0 fully saturated rings. The molecule has 0 aliphatic heterocycles. The van der Waals surface area contributed by atoms with Crippen molar-refractivity contribution in [1.82, 2.24) is 0 Å². The molecule has 0 saturated carbocycles. The zero-order valence-corrected chi connectivity index (χ0v) is 14.9. The van der Waals surface area contributed by atoms with E-state index in [9.17, 15) is 0 Å². The van der Waals surface area contributed by atoms with Crippen LogP contribution in [0, 0.1) is 6.92 Å². The number of methoxy groups -OCH3 is 1. The van der Waals surface area contributed by atoms with Crippen LogP contribution in [0.3, 0.4) is 0 Å². The molecule has 1 N–H and O–H groups in total. The fourth-order valence-corrected chi connectivity index (χ4v) is 2.86. The average molecular weight is 306 g/mol. The van der Waals surface area contributed by atoms with E-state index >= 15 is 0 Å². The molecule has 0 spiro atoms. The Bertz CT molecular complexity index is 389. The summed E-state index contributed by atoms with van der Waals surface area (Å²) in [5.41, 5.74) is 2.41. The highest BCUT2D eigenvalue weighted by molar-refractivity contribution is 5.56. The average Bonchev–Trinajstić information content (AvgIpc) is 2.54. The Labute approximate surface area is 137 Å². The van der Waals surface area contributed by atoms with Crippen molar-refractivity contribution in [3.8, 4) is 5.75 Å². The highest BCUT2D eigenvalue weighted by Crippen LogP contribution is 2.24. The quantitative estimate of drug-likeness (QED) is 0.429. The van der Waals surface area contributed by atoms with Crippen LogP contribution in [0.15, 0.2) is 18.2 Å². The monoisotopic (exact) mass is 305 g/mol. The molecule has 0 amide bonds. The Morgan fingerprint density at radius 3 is 2.05 bits per heavy atom. The van der Waals surface area contributed by atoms with E-state index in [1.807, 2.05) is 12.1 Å². The van der Waals surface area contributed by atoms with Gasteiger partial charge in [0.25, 0.3) is 0 Å². The van der Waals surface area contributed by atoms with E-state index in [1.165, 1.54) is 75.5 Å². The van der Waals surface area contributed by atoms with Crippen molar-refractivity contribution in [2.45, 2.75) is 78.1 Å². The largest absolute Gasteiger partial charge is 0.496 e. The summed E-state index contributed by atoms with van der Waals surface area (Å²) in [6.07, 6.45) is 13.9. The van der Waals surface area contributed by atoms with E-state index in [0.717, 1.165) is 12.3 Å². The van der Waals surface area contributed by atoms with Gasteiger partial charge in [0.15, 0.2) is 0 Å². The minimum Gasteiger partial charge on any atom is -0.496 e. The molecule has 0 saturated heterocycles. The Balaban J connectivity index is 2.00. The number of benzene rings is 1. The third-order valence-corrected chi connectivity index (χ3v) is 4.35. The van der Waals surface area contributed by atoms with E-state index in [0.29, 0.717) is 0 Å². The van der Waals surface area contributed by atoms with E-state index in [4.69, 9.17) is 4.74 Å². The Morgan fingerprint density at radius 1 is 0.864 bits per heavy atom. The van der Waals surface area contributed by atoms with Gasteiger partial charge in [0.1, 0.15) is 5.75 Å². The molecule has 0 bridgehead atoms. The Morgan fingerprint density at radius 2 is 1.45 bits per heavy atom. The van der Waals surface area contributed by atoms with Crippen LogP contribution in [-0.4, -0.2) is 13.7 Å². The predicted octanol–water partition coefficient (Wildman–Crippen LogP) is 6.34. The summed E-state index contributed by atoms with van der Waals surface area (Å²) in [5, 5.41) is 3.53. The van der Waals surface area contributed by atoms with Crippen LogP contribution in [0.1, 0.15) is 76.7 Å². The number of anilines is 1. The van der Waals surface area contributed by atoms with Crippen molar-refractivity contribution in [3.05, 3.63) is 23.8 Å². The van der Waals surface area contributed by atoms with Gasteiger partial charge in [-0.3, -0.25) is 0 Å². The third kappa shape index (κ3) is 7.72. The van der Waals surface area contributed by atoms with E-state index in [2.05, 4.69) is 25.2 Å². The van der Waals surface area contributed by atoms with Gasteiger partial charge in [-0.1, -0.05) is 70.8 Å². The second-order valence-corrected chi connectivity index (χ2v) is 6.24. The van der Waals surface area contributed by atoms with Gasteiger partial charge >= 0.3 is 0 Å². The first-order chi connectivity index (χ1) is 10.8. The fraction of sp³-hybridized carbons (Fsp3) is 0.700. The maximum absolute atomic E-state index is 5.35. The first kappa shape index (κ1) is 18.9. The van der Waals surface area contributed by atoms with Gasteiger partial charge in [0.05, 0.1) is 7.11 Å². The Hall–Kier alpha value is -1.18. The molecule has 2 nitrogen and oxygen atoms in total. The van der Waals surface area contributed by atoms with Crippen molar-refractivity contribution in [1.29, 1.82) is 0 Å². The molecule has 22 heavy (non-hydrogen) atoms. The number of hydrogen-bond acceptors (Lipinski definition) is 2.